The summed E-state index contributed by atoms with van der Waals surface area (Å²) in [5, 5.41) is 8.52. The molecule has 2 nitrogen and oxygen atoms in total. The summed E-state index contributed by atoms with van der Waals surface area (Å²) in [5.41, 5.74) is 0.804. The molecule has 0 spiro atoms. The van der Waals surface area contributed by atoms with Crippen LogP contribution in [0.25, 0.3) is 11.0 Å². The van der Waals surface area contributed by atoms with Gasteiger partial charge in [-0.25, -0.2) is 0 Å². The molecular formula is C9H5BrNO-. The average Bonchev–Trinajstić information content (AvgIpc) is 2.10. The lowest BCUT2D eigenvalue weighted by Crippen LogP contribution is -1.84. The van der Waals surface area contributed by atoms with Crippen LogP contribution in [0.2, 0.25) is 0 Å². The standard InChI is InChI=1S/C9H5BrNO/c10-9-3-1-7(2-4-9)8(5-11)6-12/h1-4,6H/q-1. The Morgan fingerprint density at radius 2 is 2.00 bits per heavy atom. The highest BCUT2D eigenvalue weighted by Gasteiger charge is 1.95. The number of hydrogen-bond acceptors (Lipinski definition) is 1. The van der Waals surface area contributed by atoms with Crippen LogP contribution in [0, 0.1) is 0 Å². The topological polar surface area (TPSA) is 39.4 Å². The van der Waals surface area contributed by atoms with E-state index in [1.807, 2.05) is 5.87 Å². The second-order valence-electron chi connectivity index (χ2n) is 2.15. The molecule has 60 valence electrons. The van der Waals surface area contributed by atoms with E-state index in [0.717, 1.165) is 4.47 Å². The molecule has 1 aromatic rings. The molecule has 3 heteroatoms. The number of hydrogen-bond donors (Lipinski definition) is 0. The predicted octanol–water partition coefficient (Wildman–Crippen LogP) is 2.27. The molecule has 0 unspecified atom stereocenters. The molecule has 0 aliphatic carbocycles. The summed E-state index contributed by atoms with van der Waals surface area (Å²) < 4.78 is 0.925. The molecular weight excluding hydrogens is 218 g/mol. The van der Waals surface area contributed by atoms with Crippen LogP contribution in [-0.2, 0) is 4.79 Å². The molecule has 0 saturated carbocycles. The Labute approximate surface area is 78.6 Å². The number of carbonyl (C=O) groups is 1. The zero-order valence-corrected chi connectivity index (χ0v) is 7.71. The van der Waals surface area contributed by atoms with E-state index >= 15 is 0 Å². The summed E-state index contributed by atoms with van der Waals surface area (Å²) in [6.07, 6.45) is 0.559. The Morgan fingerprint density at radius 1 is 1.42 bits per heavy atom. The molecule has 1 rings (SSSR count). The molecule has 0 N–H and O–H groups in total. The third-order valence-corrected chi connectivity index (χ3v) is 1.92. The molecule has 0 amide bonds. The molecule has 0 heterocycles. The fourth-order valence-corrected chi connectivity index (χ4v) is 1.05. The van der Waals surface area contributed by atoms with Crippen LogP contribution in [0.5, 0.6) is 0 Å². The highest BCUT2D eigenvalue weighted by Crippen LogP contribution is 2.14. The van der Waals surface area contributed by atoms with Gasteiger partial charge in [-0.3, -0.25) is 10.7 Å². The SMILES string of the molecule is [N-]=C=C(C=O)c1ccc(Br)cc1. The average molecular weight is 223 g/mol. The van der Waals surface area contributed by atoms with Crippen molar-refractivity contribution >= 4 is 33.7 Å². The minimum atomic E-state index is 0.155. The first kappa shape index (κ1) is 8.91. The van der Waals surface area contributed by atoms with Crippen molar-refractivity contribution in [3.05, 3.63) is 39.7 Å². The number of benzene rings is 1. The van der Waals surface area contributed by atoms with Gasteiger partial charge in [0.25, 0.3) is 0 Å². The number of carbonyl (C=O) groups excluding carboxylic acids is 1. The van der Waals surface area contributed by atoms with E-state index in [1.165, 1.54) is 0 Å². The molecule has 0 radical (unpaired) electrons. The molecule has 1 aromatic carbocycles. The van der Waals surface area contributed by atoms with E-state index in [1.54, 1.807) is 24.3 Å². The van der Waals surface area contributed by atoms with E-state index in [0.29, 0.717) is 11.8 Å². The minimum absolute atomic E-state index is 0.155. The Kier molecular flexibility index (Phi) is 2.97. The molecule has 0 atom stereocenters. The van der Waals surface area contributed by atoms with Crippen molar-refractivity contribution in [3.63, 3.8) is 0 Å². The molecule has 0 saturated heterocycles. The Bertz CT molecular complexity index is 336. The van der Waals surface area contributed by atoms with Gasteiger partial charge < -0.3 is 5.41 Å². The van der Waals surface area contributed by atoms with E-state index in [-0.39, 0.29) is 5.57 Å². The highest BCUT2D eigenvalue weighted by atomic mass is 79.9. The van der Waals surface area contributed by atoms with Crippen molar-refractivity contribution in [1.82, 2.24) is 0 Å². The van der Waals surface area contributed by atoms with E-state index in [2.05, 4.69) is 15.9 Å². The van der Waals surface area contributed by atoms with Crippen molar-refractivity contribution in [2.45, 2.75) is 0 Å². The van der Waals surface area contributed by atoms with Crippen LogP contribution in [0.4, 0.5) is 0 Å². The number of allylic oxidation sites excluding steroid dienone is 1. The Morgan fingerprint density at radius 3 is 2.42 bits per heavy atom. The van der Waals surface area contributed by atoms with Crippen molar-refractivity contribution in [1.29, 1.82) is 0 Å². The first-order valence-corrected chi connectivity index (χ1v) is 4.05. The predicted molar refractivity (Wildman–Crippen MR) is 52.0 cm³/mol. The van der Waals surface area contributed by atoms with Crippen LogP contribution in [0.1, 0.15) is 5.56 Å². The van der Waals surface area contributed by atoms with Crippen LogP contribution in [0.15, 0.2) is 28.7 Å². The van der Waals surface area contributed by atoms with Gasteiger partial charge in [-0.05, 0) is 17.7 Å². The fourth-order valence-electron chi connectivity index (χ4n) is 0.788. The van der Waals surface area contributed by atoms with Crippen LogP contribution < -0.4 is 0 Å². The second kappa shape index (κ2) is 4.00. The molecule has 0 aliphatic heterocycles. The van der Waals surface area contributed by atoms with Crippen molar-refractivity contribution in [2.24, 2.45) is 0 Å². The summed E-state index contributed by atoms with van der Waals surface area (Å²) in [7, 11) is 0. The molecule has 0 fully saturated rings. The summed E-state index contributed by atoms with van der Waals surface area (Å²) in [6.45, 7) is 0. The van der Waals surface area contributed by atoms with E-state index < -0.39 is 0 Å². The van der Waals surface area contributed by atoms with Gasteiger partial charge in [-0.1, -0.05) is 28.1 Å². The van der Waals surface area contributed by atoms with Crippen molar-refractivity contribution in [2.75, 3.05) is 0 Å². The third-order valence-electron chi connectivity index (χ3n) is 1.39. The first-order valence-electron chi connectivity index (χ1n) is 3.26. The lowest BCUT2D eigenvalue weighted by molar-refractivity contribution is -0.103. The summed E-state index contributed by atoms with van der Waals surface area (Å²) in [6, 6.07) is 7.01. The Balaban J connectivity index is 3.12. The summed E-state index contributed by atoms with van der Waals surface area (Å²) in [5.74, 6) is 1.82. The number of aldehydes is 1. The molecule has 12 heavy (non-hydrogen) atoms. The van der Waals surface area contributed by atoms with Gasteiger partial charge in [0, 0.05) is 10.0 Å². The summed E-state index contributed by atoms with van der Waals surface area (Å²) >= 11 is 3.26. The maximum Gasteiger partial charge on any atom is 0.156 e. The number of nitrogens with zero attached hydrogens (tertiary/aromatic N) is 1. The van der Waals surface area contributed by atoms with Gasteiger partial charge >= 0.3 is 0 Å². The minimum Gasteiger partial charge on any atom is -0.763 e. The lowest BCUT2D eigenvalue weighted by atomic mass is 10.1. The maximum absolute atomic E-state index is 10.4. The lowest BCUT2D eigenvalue weighted by Gasteiger charge is -1.97. The van der Waals surface area contributed by atoms with Crippen LogP contribution in [-0.4, -0.2) is 12.2 Å². The maximum atomic E-state index is 10.4. The largest absolute Gasteiger partial charge is 0.763 e. The first-order chi connectivity index (χ1) is 5.77. The Hall–Kier alpha value is -1.18. The normalized spacial score (nSPS) is 8.75. The van der Waals surface area contributed by atoms with Gasteiger partial charge in [0.1, 0.15) is 0 Å². The second-order valence-corrected chi connectivity index (χ2v) is 3.07. The van der Waals surface area contributed by atoms with Gasteiger partial charge in [0.15, 0.2) is 6.29 Å². The van der Waals surface area contributed by atoms with E-state index in [4.69, 9.17) is 5.41 Å². The zero-order valence-electron chi connectivity index (χ0n) is 6.12. The quantitative estimate of drug-likeness (QED) is 0.430. The number of halogens is 1. The van der Waals surface area contributed by atoms with Gasteiger partial charge in [0.05, 0.1) is 0 Å². The summed E-state index contributed by atoms with van der Waals surface area (Å²) in [4.78, 5) is 10.4. The molecule has 0 bridgehead atoms. The smallest absolute Gasteiger partial charge is 0.156 e. The molecule has 0 aromatic heterocycles. The monoisotopic (exact) mass is 222 g/mol. The van der Waals surface area contributed by atoms with Crippen molar-refractivity contribution < 1.29 is 4.79 Å². The van der Waals surface area contributed by atoms with Crippen LogP contribution >= 0.6 is 15.9 Å². The van der Waals surface area contributed by atoms with E-state index in [9.17, 15) is 4.79 Å². The fraction of sp³-hybridized carbons (Fsp3) is 0. The van der Waals surface area contributed by atoms with Crippen molar-refractivity contribution in [3.8, 4) is 0 Å². The van der Waals surface area contributed by atoms with Gasteiger partial charge in [-0.15, -0.1) is 0 Å². The third kappa shape index (κ3) is 1.91. The van der Waals surface area contributed by atoms with Gasteiger partial charge in [0.2, 0.25) is 0 Å². The van der Waals surface area contributed by atoms with Gasteiger partial charge in [-0.2, -0.15) is 0 Å². The highest BCUT2D eigenvalue weighted by molar-refractivity contribution is 9.10. The van der Waals surface area contributed by atoms with Crippen LogP contribution in [0.3, 0.4) is 0 Å². The molecule has 0 aliphatic rings. The number of rotatable bonds is 2. The zero-order chi connectivity index (χ0) is 8.97.